The highest BCUT2D eigenvalue weighted by molar-refractivity contribution is 6.03. The van der Waals surface area contributed by atoms with Gasteiger partial charge in [0.25, 0.3) is 0 Å². The molecule has 0 spiro atoms. The first-order valence-electron chi connectivity index (χ1n) is 10.8. The number of anilines is 2. The molecule has 0 saturated carbocycles. The molecule has 0 unspecified atom stereocenters. The lowest BCUT2D eigenvalue weighted by atomic mass is 10.1. The largest absolute Gasteiger partial charge is 0.493 e. The summed E-state index contributed by atoms with van der Waals surface area (Å²) in [6.45, 7) is 8.76. The predicted octanol–water partition coefficient (Wildman–Crippen LogP) is 4.13. The molecule has 6 nitrogen and oxygen atoms in total. The number of likely N-dealkylation sites (N-methyl/N-ethyl adjacent to an activating group) is 1. The van der Waals surface area contributed by atoms with Gasteiger partial charge in [-0.3, -0.25) is 4.79 Å². The lowest BCUT2D eigenvalue weighted by Gasteiger charge is -2.35. The van der Waals surface area contributed by atoms with E-state index in [1.165, 1.54) is 0 Å². The van der Waals surface area contributed by atoms with Crippen molar-refractivity contribution >= 4 is 23.4 Å². The zero-order valence-electron chi connectivity index (χ0n) is 18.9. The van der Waals surface area contributed by atoms with Gasteiger partial charge in [0, 0.05) is 32.3 Å². The number of methoxy groups -OCH3 is 1. The maximum Gasteiger partial charge on any atom is 0.248 e. The van der Waals surface area contributed by atoms with Gasteiger partial charge in [0.1, 0.15) is 0 Å². The van der Waals surface area contributed by atoms with Gasteiger partial charge in [-0.25, -0.2) is 0 Å². The molecular weight excluding hydrogens is 390 g/mol. The highest BCUT2D eigenvalue weighted by Gasteiger charge is 2.17. The Morgan fingerprint density at radius 3 is 2.55 bits per heavy atom. The number of rotatable bonds is 8. The van der Waals surface area contributed by atoms with Crippen molar-refractivity contribution in [3.63, 3.8) is 0 Å². The van der Waals surface area contributed by atoms with Crippen LogP contribution in [0.15, 0.2) is 48.5 Å². The van der Waals surface area contributed by atoms with Crippen LogP contribution < -0.4 is 19.7 Å². The fourth-order valence-electron chi connectivity index (χ4n) is 3.41. The maximum atomic E-state index is 12.6. The zero-order valence-corrected chi connectivity index (χ0v) is 18.9. The van der Waals surface area contributed by atoms with Crippen LogP contribution in [0.25, 0.3) is 6.08 Å². The van der Waals surface area contributed by atoms with E-state index in [1.807, 2.05) is 36.4 Å². The molecule has 0 radical (unpaired) electrons. The molecule has 3 rings (SSSR count). The van der Waals surface area contributed by atoms with Crippen molar-refractivity contribution in [3.05, 3.63) is 54.1 Å². The molecule has 0 aliphatic carbocycles. The van der Waals surface area contributed by atoms with Crippen molar-refractivity contribution in [2.24, 2.45) is 5.92 Å². The average molecular weight is 424 g/mol. The Kier molecular flexibility index (Phi) is 7.95. The summed E-state index contributed by atoms with van der Waals surface area (Å²) < 4.78 is 11.2. The van der Waals surface area contributed by atoms with Gasteiger partial charge >= 0.3 is 0 Å². The predicted molar refractivity (Wildman–Crippen MR) is 127 cm³/mol. The van der Waals surface area contributed by atoms with E-state index in [9.17, 15) is 4.79 Å². The molecule has 1 amide bonds. The van der Waals surface area contributed by atoms with Crippen molar-refractivity contribution in [1.29, 1.82) is 0 Å². The average Bonchev–Trinajstić information content (AvgIpc) is 2.77. The molecular formula is C25H33N3O3. The first-order valence-corrected chi connectivity index (χ1v) is 10.8. The minimum Gasteiger partial charge on any atom is -0.493 e. The number of nitrogens with one attached hydrogen (secondary N) is 1. The quantitative estimate of drug-likeness (QED) is 0.647. The van der Waals surface area contributed by atoms with Gasteiger partial charge in [0.15, 0.2) is 11.5 Å². The molecule has 1 aliphatic heterocycles. The van der Waals surface area contributed by atoms with Gasteiger partial charge in [-0.15, -0.1) is 0 Å². The molecule has 166 valence electrons. The van der Waals surface area contributed by atoms with Crippen LogP contribution in [0, 0.1) is 5.92 Å². The molecule has 0 aromatic heterocycles. The lowest BCUT2D eigenvalue weighted by molar-refractivity contribution is -0.111. The van der Waals surface area contributed by atoms with Crippen molar-refractivity contribution in [2.45, 2.75) is 13.8 Å². The Hall–Kier alpha value is -2.99. The van der Waals surface area contributed by atoms with Gasteiger partial charge in [-0.2, -0.15) is 0 Å². The Balaban J connectivity index is 1.66. The van der Waals surface area contributed by atoms with Crippen LogP contribution in [-0.4, -0.2) is 57.8 Å². The molecule has 1 saturated heterocycles. The number of carbonyl (C=O) groups is 1. The van der Waals surface area contributed by atoms with E-state index in [2.05, 4.69) is 42.1 Å². The minimum atomic E-state index is -0.166. The van der Waals surface area contributed by atoms with E-state index in [0.717, 1.165) is 43.1 Å². The van der Waals surface area contributed by atoms with Crippen LogP contribution in [0.3, 0.4) is 0 Å². The molecule has 0 bridgehead atoms. The fraction of sp³-hybridized carbons (Fsp3) is 0.400. The standard InChI is InChI=1S/C25H33N3O3/c1-19(2)18-31-23-11-9-20(17-24(23)30-4)10-12-25(29)26-21-7-5-6-8-22(21)28-15-13-27(3)14-16-28/h5-12,17,19H,13-16,18H2,1-4H3,(H,26,29)/b12-10+. The number of hydrogen-bond acceptors (Lipinski definition) is 5. The number of nitrogens with zero attached hydrogens (tertiary/aromatic N) is 2. The second kappa shape index (κ2) is 10.9. The van der Waals surface area contributed by atoms with Gasteiger partial charge in [0.05, 0.1) is 25.1 Å². The lowest BCUT2D eigenvalue weighted by Crippen LogP contribution is -2.44. The second-order valence-corrected chi connectivity index (χ2v) is 8.25. The first kappa shape index (κ1) is 22.7. The Bertz CT molecular complexity index is 903. The summed E-state index contributed by atoms with van der Waals surface area (Å²) in [5, 5.41) is 3.03. The highest BCUT2D eigenvalue weighted by Crippen LogP contribution is 2.29. The third-order valence-corrected chi connectivity index (χ3v) is 5.19. The first-order chi connectivity index (χ1) is 15.0. The number of ether oxygens (including phenoxy) is 2. The summed E-state index contributed by atoms with van der Waals surface area (Å²) in [6, 6.07) is 13.6. The number of para-hydroxylation sites is 2. The van der Waals surface area contributed by atoms with E-state index in [0.29, 0.717) is 24.0 Å². The van der Waals surface area contributed by atoms with E-state index >= 15 is 0 Å². The van der Waals surface area contributed by atoms with Gasteiger partial charge < -0.3 is 24.6 Å². The Morgan fingerprint density at radius 2 is 1.84 bits per heavy atom. The van der Waals surface area contributed by atoms with E-state index in [1.54, 1.807) is 19.3 Å². The molecule has 1 fully saturated rings. The molecule has 1 aliphatic rings. The maximum absolute atomic E-state index is 12.6. The van der Waals surface area contributed by atoms with Crippen molar-refractivity contribution in [3.8, 4) is 11.5 Å². The van der Waals surface area contributed by atoms with Crippen LogP contribution in [0.2, 0.25) is 0 Å². The SMILES string of the molecule is COc1cc(/C=C/C(=O)Nc2ccccc2N2CCN(C)CC2)ccc1OCC(C)C. The van der Waals surface area contributed by atoms with Crippen LogP contribution >= 0.6 is 0 Å². The summed E-state index contributed by atoms with van der Waals surface area (Å²) >= 11 is 0. The van der Waals surface area contributed by atoms with E-state index in [-0.39, 0.29) is 5.91 Å². The summed E-state index contributed by atoms with van der Waals surface area (Å²) in [6.07, 6.45) is 3.33. The van der Waals surface area contributed by atoms with Crippen molar-refractivity contribution < 1.29 is 14.3 Å². The Labute approximate surface area is 185 Å². The monoisotopic (exact) mass is 423 g/mol. The molecule has 0 atom stereocenters. The fourth-order valence-corrected chi connectivity index (χ4v) is 3.41. The van der Waals surface area contributed by atoms with Crippen molar-refractivity contribution in [1.82, 2.24) is 4.90 Å². The Morgan fingerprint density at radius 1 is 1.10 bits per heavy atom. The summed E-state index contributed by atoms with van der Waals surface area (Å²) in [5.74, 6) is 1.63. The van der Waals surface area contributed by atoms with Gasteiger partial charge in [-0.05, 0) is 48.9 Å². The van der Waals surface area contributed by atoms with Gasteiger partial charge in [0.2, 0.25) is 5.91 Å². The van der Waals surface area contributed by atoms with Crippen LogP contribution in [0.4, 0.5) is 11.4 Å². The third kappa shape index (κ3) is 6.49. The number of piperazine rings is 1. The molecule has 1 N–H and O–H groups in total. The number of amides is 1. The van der Waals surface area contributed by atoms with Crippen LogP contribution in [0.1, 0.15) is 19.4 Å². The number of benzene rings is 2. The summed E-state index contributed by atoms with van der Waals surface area (Å²) in [4.78, 5) is 17.2. The highest BCUT2D eigenvalue weighted by atomic mass is 16.5. The number of hydrogen-bond donors (Lipinski definition) is 1. The smallest absolute Gasteiger partial charge is 0.248 e. The molecule has 1 heterocycles. The molecule has 2 aromatic rings. The van der Waals surface area contributed by atoms with Crippen molar-refractivity contribution in [2.75, 3.05) is 57.2 Å². The second-order valence-electron chi connectivity index (χ2n) is 8.25. The summed E-state index contributed by atoms with van der Waals surface area (Å²) in [5.41, 5.74) is 2.76. The summed E-state index contributed by atoms with van der Waals surface area (Å²) in [7, 11) is 3.75. The van der Waals surface area contributed by atoms with Crippen LogP contribution in [-0.2, 0) is 4.79 Å². The normalized spacial score (nSPS) is 14.8. The topological polar surface area (TPSA) is 54.0 Å². The minimum absolute atomic E-state index is 0.166. The van der Waals surface area contributed by atoms with E-state index in [4.69, 9.17) is 9.47 Å². The molecule has 31 heavy (non-hydrogen) atoms. The van der Waals surface area contributed by atoms with Gasteiger partial charge in [-0.1, -0.05) is 32.0 Å². The molecule has 2 aromatic carbocycles. The molecule has 6 heteroatoms. The number of carbonyl (C=O) groups excluding carboxylic acids is 1. The van der Waals surface area contributed by atoms with Crippen LogP contribution in [0.5, 0.6) is 11.5 Å². The zero-order chi connectivity index (χ0) is 22.2. The third-order valence-electron chi connectivity index (χ3n) is 5.19. The van der Waals surface area contributed by atoms with E-state index < -0.39 is 0 Å².